The van der Waals surface area contributed by atoms with Gasteiger partial charge >= 0.3 is 0 Å². The van der Waals surface area contributed by atoms with Gasteiger partial charge in [-0.25, -0.2) is 0 Å². The van der Waals surface area contributed by atoms with Gasteiger partial charge in [0.25, 0.3) is 10.2 Å². The van der Waals surface area contributed by atoms with Crippen molar-refractivity contribution in [2.45, 2.75) is 37.8 Å². The van der Waals surface area contributed by atoms with Crippen LogP contribution in [0.2, 0.25) is 0 Å². The summed E-state index contributed by atoms with van der Waals surface area (Å²) in [6, 6.07) is 9.20. The molecule has 0 radical (unpaired) electrons. The van der Waals surface area contributed by atoms with E-state index in [2.05, 4.69) is 29.2 Å². The van der Waals surface area contributed by atoms with Crippen molar-refractivity contribution in [3.05, 3.63) is 35.4 Å². The molecule has 3 aliphatic rings. The second kappa shape index (κ2) is 6.09. The molecule has 3 unspecified atom stereocenters. The molecule has 0 aliphatic carbocycles. The smallest absolute Gasteiger partial charge is 0.281 e. The molecular formula is C18H27N3O2S. The van der Waals surface area contributed by atoms with E-state index in [-0.39, 0.29) is 6.04 Å². The molecule has 6 heteroatoms. The third-order valence-electron chi connectivity index (χ3n) is 6.08. The van der Waals surface area contributed by atoms with E-state index in [0.29, 0.717) is 18.5 Å². The standard InChI is InChI=1S/C18H27N3O2S/c1-19(2)24(22,23)21-10-5-7-15-13-20-11-9-14-6-3-4-8-16(14)18(20)12-17(15)21/h3-4,6,8,15,17-18H,5,7,9-13H2,1-2H3. The van der Waals surface area contributed by atoms with Gasteiger partial charge in [0.05, 0.1) is 0 Å². The van der Waals surface area contributed by atoms with E-state index >= 15 is 0 Å². The fraction of sp³-hybridized carbons (Fsp3) is 0.667. The zero-order chi connectivity index (χ0) is 16.9. The van der Waals surface area contributed by atoms with Crippen molar-refractivity contribution in [1.29, 1.82) is 0 Å². The Morgan fingerprint density at radius 2 is 1.96 bits per heavy atom. The third kappa shape index (κ3) is 2.60. The van der Waals surface area contributed by atoms with E-state index < -0.39 is 10.2 Å². The molecule has 3 atom stereocenters. The van der Waals surface area contributed by atoms with Crippen molar-refractivity contribution in [3.8, 4) is 0 Å². The summed E-state index contributed by atoms with van der Waals surface area (Å²) in [6.45, 7) is 2.80. The van der Waals surface area contributed by atoms with Gasteiger partial charge in [-0.3, -0.25) is 4.90 Å². The third-order valence-corrected chi connectivity index (χ3v) is 8.05. The fourth-order valence-electron chi connectivity index (χ4n) is 4.85. The quantitative estimate of drug-likeness (QED) is 0.819. The maximum absolute atomic E-state index is 12.8. The number of nitrogens with zero attached hydrogens (tertiary/aromatic N) is 3. The van der Waals surface area contributed by atoms with Gasteiger partial charge in [-0.15, -0.1) is 0 Å². The maximum atomic E-state index is 12.8. The Bertz CT molecular complexity index is 719. The highest BCUT2D eigenvalue weighted by Crippen LogP contribution is 2.43. The largest absolute Gasteiger partial charge is 0.296 e. The van der Waals surface area contributed by atoms with Crippen LogP contribution in [0.15, 0.2) is 24.3 Å². The van der Waals surface area contributed by atoms with E-state index in [1.54, 1.807) is 18.4 Å². The van der Waals surface area contributed by atoms with Crippen LogP contribution in [0.25, 0.3) is 0 Å². The Labute approximate surface area is 145 Å². The molecule has 0 N–H and O–H groups in total. The summed E-state index contributed by atoms with van der Waals surface area (Å²) < 4.78 is 28.7. The first-order chi connectivity index (χ1) is 11.5. The van der Waals surface area contributed by atoms with Gasteiger partial charge < -0.3 is 0 Å². The van der Waals surface area contributed by atoms with E-state index in [4.69, 9.17) is 0 Å². The summed E-state index contributed by atoms with van der Waals surface area (Å²) in [5.74, 6) is 0.468. The maximum Gasteiger partial charge on any atom is 0.281 e. The van der Waals surface area contributed by atoms with Gasteiger partial charge in [-0.1, -0.05) is 24.3 Å². The van der Waals surface area contributed by atoms with Crippen LogP contribution in [0.1, 0.15) is 36.4 Å². The van der Waals surface area contributed by atoms with Crippen molar-refractivity contribution < 1.29 is 8.42 Å². The Kier molecular flexibility index (Phi) is 4.19. The van der Waals surface area contributed by atoms with Crippen LogP contribution < -0.4 is 0 Å². The van der Waals surface area contributed by atoms with Crippen LogP contribution in [0, 0.1) is 5.92 Å². The topological polar surface area (TPSA) is 43.9 Å². The van der Waals surface area contributed by atoms with Crippen molar-refractivity contribution in [2.24, 2.45) is 5.92 Å². The molecular weight excluding hydrogens is 322 g/mol. The normalized spacial score (nSPS) is 31.4. The fourth-order valence-corrected chi connectivity index (χ4v) is 6.23. The van der Waals surface area contributed by atoms with Gasteiger partial charge in [-0.05, 0) is 42.7 Å². The lowest BCUT2D eigenvalue weighted by Gasteiger charge is -2.52. The molecule has 0 saturated carbocycles. The molecule has 2 fully saturated rings. The summed E-state index contributed by atoms with van der Waals surface area (Å²) >= 11 is 0. The van der Waals surface area contributed by atoms with E-state index in [1.165, 1.54) is 15.4 Å². The lowest BCUT2D eigenvalue weighted by molar-refractivity contribution is 0.0203. The second-order valence-electron chi connectivity index (χ2n) is 7.57. The van der Waals surface area contributed by atoms with E-state index in [0.717, 1.165) is 38.8 Å². The van der Waals surface area contributed by atoms with E-state index in [1.807, 2.05) is 0 Å². The van der Waals surface area contributed by atoms with Crippen LogP contribution in [0.3, 0.4) is 0 Å². The van der Waals surface area contributed by atoms with Crippen LogP contribution in [0.4, 0.5) is 0 Å². The Balaban J connectivity index is 1.66. The molecule has 5 nitrogen and oxygen atoms in total. The Hall–Kier alpha value is -0.950. The first kappa shape index (κ1) is 16.5. The predicted molar refractivity (Wildman–Crippen MR) is 94.9 cm³/mol. The lowest BCUT2D eigenvalue weighted by atomic mass is 9.77. The minimum Gasteiger partial charge on any atom is -0.296 e. The molecule has 1 aromatic carbocycles. The highest BCUT2D eigenvalue weighted by molar-refractivity contribution is 7.86. The molecule has 0 bridgehead atoms. The van der Waals surface area contributed by atoms with Gasteiger partial charge in [-0.2, -0.15) is 17.0 Å². The van der Waals surface area contributed by atoms with E-state index in [9.17, 15) is 8.42 Å². The average molecular weight is 350 g/mol. The number of rotatable bonds is 2. The minimum atomic E-state index is -3.34. The number of fused-ring (bicyclic) bond motifs is 4. The van der Waals surface area contributed by atoms with Gasteiger partial charge in [0, 0.05) is 45.8 Å². The van der Waals surface area contributed by atoms with Crippen LogP contribution in [-0.4, -0.2) is 61.7 Å². The van der Waals surface area contributed by atoms with Crippen molar-refractivity contribution in [3.63, 3.8) is 0 Å². The molecule has 0 spiro atoms. The van der Waals surface area contributed by atoms with Crippen molar-refractivity contribution in [1.82, 2.24) is 13.5 Å². The first-order valence-corrected chi connectivity index (χ1v) is 10.4. The van der Waals surface area contributed by atoms with Crippen LogP contribution in [0.5, 0.6) is 0 Å². The first-order valence-electron chi connectivity index (χ1n) is 8.99. The highest BCUT2D eigenvalue weighted by atomic mass is 32.2. The molecule has 4 rings (SSSR count). The zero-order valence-corrected chi connectivity index (χ0v) is 15.4. The van der Waals surface area contributed by atoms with Crippen LogP contribution in [-0.2, 0) is 16.6 Å². The van der Waals surface area contributed by atoms with Crippen molar-refractivity contribution in [2.75, 3.05) is 33.7 Å². The molecule has 2 saturated heterocycles. The van der Waals surface area contributed by atoms with Gasteiger partial charge in [0.2, 0.25) is 0 Å². The number of benzene rings is 1. The monoisotopic (exact) mass is 349 g/mol. The van der Waals surface area contributed by atoms with Crippen molar-refractivity contribution >= 4 is 10.2 Å². The van der Waals surface area contributed by atoms with Gasteiger partial charge in [0.1, 0.15) is 0 Å². The predicted octanol–water partition coefficient (Wildman–Crippen LogP) is 1.88. The SMILES string of the molecule is CN(C)S(=O)(=O)N1CCCC2CN3CCc4ccccc4C3CC21. The molecule has 132 valence electrons. The number of piperidine rings is 2. The molecule has 24 heavy (non-hydrogen) atoms. The summed E-state index contributed by atoms with van der Waals surface area (Å²) in [7, 11) is -0.0517. The minimum absolute atomic E-state index is 0.138. The molecule has 1 aromatic rings. The lowest BCUT2D eigenvalue weighted by Crippen LogP contribution is -2.59. The summed E-state index contributed by atoms with van der Waals surface area (Å²) in [6.07, 6.45) is 4.16. The highest BCUT2D eigenvalue weighted by Gasteiger charge is 2.46. The van der Waals surface area contributed by atoms with Gasteiger partial charge in [0.15, 0.2) is 0 Å². The van der Waals surface area contributed by atoms with Crippen LogP contribution >= 0.6 is 0 Å². The number of hydrogen-bond donors (Lipinski definition) is 0. The summed E-state index contributed by atoms with van der Waals surface area (Å²) in [5, 5.41) is 0. The summed E-state index contributed by atoms with van der Waals surface area (Å²) in [4.78, 5) is 2.59. The average Bonchev–Trinajstić information content (AvgIpc) is 2.59. The second-order valence-corrected chi connectivity index (χ2v) is 9.66. The Morgan fingerprint density at radius 1 is 1.17 bits per heavy atom. The Morgan fingerprint density at radius 3 is 2.75 bits per heavy atom. The summed E-state index contributed by atoms with van der Waals surface area (Å²) in [5.41, 5.74) is 2.85. The molecule has 3 heterocycles. The number of hydrogen-bond acceptors (Lipinski definition) is 3. The molecule has 0 aromatic heterocycles. The molecule has 3 aliphatic heterocycles. The zero-order valence-electron chi connectivity index (χ0n) is 14.6. The molecule has 0 amide bonds.